The number of pyridine rings is 1. The van der Waals surface area contributed by atoms with Gasteiger partial charge in [0.15, 0.2) is 0 Å². The van der Waals surface area contributed by atoms with E-state index in [9.17, 15) is 4.79 Å². The first-order chi connectivity index (χ1) is 12.2. The summed E-state index contributed by atoms with van der Waals surface area (Å²) in [5.74, 6) is 0.157. The van der Waals surface area contributed by atoms with Crippen LogP contribution in [0.15, 0.2) is 54.7 Å². The Morgan fingerprint density at radius 3 is 2.84 bits per heavy atom. The molecule has 1 aliphatic rings. The Hall–Kier alpha value is -2.66. The number of hydrogen-bond acceptors (Lipinski definition) is 3. The normalized spacial score (nSPS) is 17.8. The molecule has 1 unspecified atom stereocenters. The number of carbonyl (C=O) groups is 1. The number of aryl methyl sites for hydroxylation is 1. The molecular formula is C20H22N4O. The van der Waals surface area contributed by atoms with Crippen molar-refractivity contribution in [1.29, 1.82) is 0 Å². The van der Waals surface area contributed by atoms with E-state index in [1.165, 1.54) is 5.56 Å². The van der Waals surface area contributed by atoms with E-state index < -0.39 is 0 Å². The van der Waals surface area contributed by atoms with Crippen LogP contribution >= 0.6 is 0 Å². The average molecular weight is 334 g/mol. The number of rotatable bonds is 3. The predicted octanol–water partition coefficient (Wildman–Crippen LogP) is 2.36. The second-order valence-electron chi connectivity index (χ2n) is 6.47. The smallest absolute Gasteiger partial charge is 0.229 e. The van der Waals surface area contributed by atoms with Crippen molar-refractivity contribution in [3.8, 4) is 0 Å². The minimum absolute atomic E-state index is 0.0851. The van der Waals surface area contributed by atoms with E-state index in [4.69, 9.17) is 0 Å². The number of nitrogens with one attached hydrogen (secondary N) is 1. The molecule has 0 aliphatic carbocycles. The van der Waals surface area contributed by atoms with Crippen LogP contribution in [0.5, 0.6) is 0 Å². The summed E-state index contributed by atoms with van der Waals surface area (Å²) < 4.78 is 2.02. The zero-order valence-electron chi connectivity index (χ0n) is 14.4. The van der Waals surface area contributed by atoms with Gasteiger partial charge in [-0.3, -0.25) is 4.79 Å². The van der Waals surface area contributed by atoms with Gasteiger partial charge in [-0.1, -0.05) is 36.4 Å². The lowest BCUT2D eigenvalue weighted by Gasteiger charge is -2.36. The SMILES string of the molecule is Cc1nc2ccccn2c1CC(=O)N1CCNCC1c1ccccc1. The summed E-state index contributed by atoms with van der Waals surface area (Å²) in [6, 6.07) is 16.3. The average Bonchev–Trinajstić information content (AvgIpc) is 2.98. The molecule has 0 saturated carbocycles. The van der Waals surface area contributed by atoms with Crippen LogP contribution < -0.4 is 5.32 Å². The number of carbonyl (C=O) groups excluding carboxylic acids is 1. The van der Waals surface area contributed by atoms with Crippen LogP contribution in [0.1, 0.15) is 23.0 Å². The van der Waals surface area contributed by atoms with Crippen LogP contribution in [-0.4, -0.2) is 39.8 Å². The van der Waals surface area contributed by atoms with E-state index in [1.807, 2.05) is 58.8 Å². The minimum atomic E-state index is 0.0851. The molecule has 1 saturated heterocycles. The summed E-state index contributed by atoms with van der Waals surface area (Å²) in [6.45, 7) is 4.33. The lowest BCUT2D eigenvalue weighted by atomic mass is 10.0. The Morgan fingerprint density at radius 1 is 1.20 bits per heavy atom. The number of hydrogen-bond donors (Lipinski definition) is 1. The summed E-state index contributed by atoms with van der Waals surface area (Å²) in [5, 5.41) is 3.41. The number of amides is 1. The van der Waals surface area contributed by atoms with Crippen LogP contribution in [0.25, 0.3) is 5.65 Å². The predicted molar refractivity (Wildman–Crippen MR) is 97.4 cm³/mol. The number of aromatic nitrogens is 2. The van der Waals surface area contributed by atoms with Gasteiger partial charge in [-0.05, 0) is 24.6 Å². The van der Waals surface area contributed by atoms with Crippen molar-refractivity contribution in [2.24, 2.45) is 0 Å². The van der Waals surface area contributed by atoms with Gasteiger partial charge in [-0.15, -0.1) is 0 Å². The van der Waals surface area contributed by atoms with Crippen LogP contribution in [0.3, 0.4) is 0 Å². The largest absolute Gasteiger partial charge is 0.333 e. The Morgan fingerprint density at radius 2 is 2.00 bits per heavy atom. The van der Waals surface area contributed by atoms with Crippen molar-refractivity contribution in [3.05, 3.63) is 71.7 Å². The van der Waals surface area contributed by atoms with E-state index >= 15 is 0 Å². The maximum absolute atomic E-state index is 13.1. The quantitative estimate of drug-likeness (QED) is 0.800. The Balaban J connectivity index is 1.61. The van der Waals surface area contributed by atoms with Crippen LogP contribution in [-0.2, 0) is 11.2 Å². The molecule has 5 nitrogen and oxygen atoms in total. The second kappa shape index (κ2) is 6.69. The fraction of sp³-hybridized carbons (Fsp3) is 0.300. The first-order valence-electron chi connectivity index (χ1n) is 8.72. The van der Waals surface area contributed by atoms with Gasteiger partial charge in [0.2, 0.25) is 5.91 Å². The molecule has 25 heavy (non-hydrogen) atoms. The number of fused-ring (bicyclic) bond motifs is 1. The van der Waals surface area contributed by atoms with Crippen molar-refractivity contribution in [2.45, 2.75) is 19.4 Å². The van der Waals surface area contributed by atoms with Crippen molar-refractivity contribution >= 4 is 11.6 Å². The number of imidazole rings is 1. The van der Waals surface area contributed by atoms with Gasteiger partial charge in [0.25, 0.3) is 0 Å². The third kappa shape index (κ3) is 3.03. The molecular weight excluding hydrogens is 312 g/mol. The topological polar surface area (TPSA) is 49.6 Å². The maximum Gasteiger partial charge on any atom is 0.229 e. The highest BCUT2D eigenvalue weighted by Gasteiger charge is 2.28. The minimum Gasteiger partial charge on any atom is -0.333 e. The number of piperazine rings is 1. The number of benzene rings is 1. The van der Waals surface area contributed by atoms with Gasteiger partial charge in [0.05, 0.1) is 23.9 Å². The Kier molecular flexibility index (Phi) is 4.24. The number of nitrogens with zero attached hydrogens (tertiary/aromatic N) is 3. The molecule has 3 aromatic rings. The fourth-order valence-corrected chi connectivity index (χ4v) is 3.60. The third-order valence-electron chi connectivity index (χ3n) is 4.90. The van der Waals surface area contributed by atoms with E-state index in [2.05, 4.69) is 22.4 Å². The van der Waals surface area contributed by atoms with E-state index in [1.54, 1.807) is 0 Å². The van der Waals surface area contributed by atoms with Crippen LogP contribution in [0, 0.1) is 6.92 Å². The zero-order chi connectivity index (χ0) is 17.2. The Labute approximate surface area is 147 Å². The van der Waals surface area contributed by atoms with E-state index in [0.717, 1.165) is 36.7 Å². The lowest BCUT2D eigenvalue weighted by molar-refractivity contribution is -0.133. The van der Waals surface area contributed by atoms with Gasteiger partial charge in [-0.2, -0.15) is 0 Å². The van der Waals surface area contributed by atoms with Crippen LogP contribution in [0.2, 0.25) is 0 Å². The van der Waals surface area contributed by atoms with E-state index in [-0.39, 0.29) is 11.9 Å². The molecule has 1 aliphatic heterocycles. The molecule has 1 N–H and O–H groups in total. The van der Waals surface area contributed by atoms with Gasteiger partial charge in [-0.25, -0.2) is 4.98 Å². The summed E-state index contributed by atoms with van der Waals surface area (Å²) >= 11 is 0. The van der Waals surface area contributed by atoms with Crippen LogP contribution in [0.4, 0.5) is 0 Å². The molecule has 2 aromatic heterocycles. The molecule has 128 valence electrons. The van der Waals surface area contributed by atoms with Gasteiger partial charge in [0.1, 0.15) is 5.65 Å². The molecule has 4 rings (SSSR count). The molecule has 5 heteroatoms. The monoisotopic (exact) mass is 334 g/mol. The highest BCUT2D eigenvalue weighted by molar-refractivity contribution is 5.79. The highest BCUT2D eigenvalue weighted by atomic mass is 16.2. The fourth-order valence-electron chi connectivity index (χ4n) is 3.60. The Bertz CT molecular complexity index is 887. The third-order valence-corrected chi connectivity index (χ3v) is 4.90. The molecule has 0 bridgehead atoms. The second-order valence-corrected chi connectivity index (χ2v) is 6.47. The molecule has 1 aromatic carbocycles. The van der Waals surface area contributed by atoms with E-state index in [0.29, 0.717) is 6.42 Å². The summed E-state index contributed by atoms with van der Waals surface area (Å²) in [7, 11) is 0. The molecule has 3 heterocycles. The highest BCUT2D eigenvalue weighted by Crippen LogP contribution is 2.23. The molecule has 1 fully saturated rings. The first kappa shape index (κ1) is 15.8. The molecule has 0 radical (unpaired) electrons. The first-order valence-corrected chi connectivity index (χ1v) is 8.72. The van der Waals surface area contributed by atoms with Gasteiger partial charge in [0, 0.05) is 25.8 Å². The maximum atomic E-state index is 13.1. The van der Waals surface area contributed by atoms with Crippen molar-refractivity contribution in [1.82, 2.24) is 19.6 Å². The molecule has 0 spiro atoms. The van der Waals surface area contributed by atoms with Gasteiger partial charge < -0.3 is 14.6 Å². The summed E-state index contributed by atoms with van der Waals surface area (Å²) in [5.41, 5.74) is 3.97. The summed E-state index contributed by atoms with van der Waals surface area (Å²) in [6.07, 6.45) is 2.35. The molecule has 1 atom stereocenters. The zero-order valence-corrected chi connectivity index (χ0v) is 14.4. The van der Waals surface area contributed by atoms with Crippen molar-refractivity contribution < 1.29 is 4.79 Å². The standard InChI is InChI=1S/C20H22N4O/c1-15-17(23-11-6-5-9-19(23)22-15)13-20(25)24-12-10-21-14-18(24)16-7-3-2-4-8-16/h2-9,11,18,21H,10,12-14H2,1H3. The lowest BCUT2D eigenvalue weighted by Crippen LogP contribution is -2.49. The van der Waals surface area contributed by atoms with Crippen molar-refractivity contribution in [2.75, 3.05) is 19.6 Å². The van der Waals surface area contributed by atoms with Gasteiger partial charge >= 0.3 is 0 Å². The summed E-state index contributed by atoms with van der Waals surface area (Å²) in [4.78, 5) is 19.7. The molecule has 1 amide bonds. The van der Waals surface area contributed by atoms with Crippen molar-refractivity contribution in [3.63, 3.8) is 0 Å².